The van der Waals surface area contributed by atoms with Gasteiger partial charge in [-0.1, -0.05) is 36.4 Å². The molecule has 4 nitrogen and oxygen atoms in total. The van der Waals surface area contributed by atoms with Gasteiger partial charge in [0, 0.05) is 5.02 Å². The molecule has 0 aliphatic rings. The summed E-state index contributed by atoms with van der Waals surface area (Å²) in [4.78, 5) is 22.8. The van der Waals surface area contributed by atoms with E-state index in [4.69, 9.17) is 33.7 Å². The molecular formula is C14H13Cl2NO3. The second-order valence-electron chi connectivity index (χ2n) is 3.90. The first-order valence-corrected chi connectivity index (χ1v) is 6.44. The van der Waals surface area contributed by atoms with E-state index in [0.717, 1.165) is 5.56 Å². The number of carbonyl (C=O) groups excluding carboxylic acids is 2. The van der Waals surface area contributed by atoms with Crippen LogP contribution in [-0.4, -0.2) is 17.3 Å². The monoisotopic (exact) mass is 313 g/mol. The summed E-state index contributed by atoms with van der Waals surface area (Å²) in [6.45, 7) is 3.39. The van der Waals surface area contributed by atoms with Crippen LogP contribution in [0.4, 0.5) is 0 Å². The van der Waals surface area contributed by atoms with Crippen molar-refractivity contribution in [2.45, 2.75) is 12.5 Å². The van der Waals surface area contributed by atoms with Crippen molar-refractivity contribution in [1.29, 1.82) is 0 Å². The third-order valence-corrected chi connectivity index (χ3v) is 2.74. The van der Waals surface area contributed by atoms with Crippen LogP contribution in [0.2, 0.25) is 5.02 Å². The van der Waals surface area contributed by atoms with Gasteiger partial charge in [0.15, 0.2) is 5.76 Å². The van der Waals surface area contributed by atoms with E-state index in [1.165, 1.54) is 12.2 Å². The Bertz CT molecular complexity index is 555. The van der Waals surface area contributed by atoms with E-state index in [0.29, 0.717) is 5.02 Å². The maximum Gasteiger partial charge on any atom is 0.328 e. The molecule has 1 unspecified atom stereocenters. The number of allylic oxidation sites excluding steroid dienone is 3. The molecule has 1 aromatic rings. The Labute approximate surface area is 126 Å². The molecule has 0 heterocycles. The van der Waals surface area contributed by atoms with E-state index in [9.17, 15) is 9.59 Å². The van der Waals surface area contributed by atoms with Crippen LogP contribution in [-0.2, 0) is 20.7 Å². The average Bonchev–Trinajstić information content (AvgIpc) is 2.37. The van der Waals surface area contributed by atoms with Gasteiger partial charge in [-0.3, -0.25) is 4.79 Å². The van der Waals surface area contributed by atoms with Crippen molar-refractivity contribution in [2.75, 3.05) is 0 Å². The molecule has 0 fully saturated rings. The summed E-state index contributed by atoms with van der Waals surface area (Å²) in [7, 11) is 0. The van der Waals surface area contributed by atoms with Gasteiger partial charge in [-0.05, 0) is 41.8 Å². The van der Waals surface area contributed by atoms with Crippen LogP contribution in [0.5, 0.6) is 0 Å². The van der Waals surface area contributed by atoms with Crippen LogP contribution in [0, 0.1) is 0 Å². The summed E-state index contributed by atoms with van der Waals surface area (Å²) in [6.07, 6.45) is 2.71. The van der Waals surface area contributed by atoms with Gasteiger partial charge in [-0.15, -0.1) is 0 Å². The molecule has 0 saturated heterocycles. The lowest BCUT2D eigenvalue weighted by Crippen LogP contribution is -2.34. The highest BCUT2D eigenvalue weighted by Crippen LogP contribution is 2.13. The van der Waals surface area contributed by atoms with Gasteiger partial charge in [0.05, 0.1) is 0 Å². The lowest BCUT2D eigenvalue weighted by molar-refractivity contribution is -0.142. The second-order valence-corrected chi connectivity index (χ2v) is 4.68. The Balaban J connectivity index is 2.70. The van der Waals surface area contributed by atoms with Crippen LogP contribution < -0.4 is 5.73 Å². The molecule has 0 radical (unpaired) electrons. The third kappa shape index (κ3) is 5.17. The standard InChI is InChI=1S/C14H13Cl2NO3/c1-2-4-12(13(16)18)20-14(19)11(17)8-9-5-3-6-10(15)7-9/h2-7,11H,1,8,17H2/b12-4+. The molecule has 0 aliphatic heterocycles. The minimum absolute atomic E-state index is 0.233. The average molecular weight is 314 g/mol. The lowest BCUT2D eigenvalue weighted by atomic mass is 10.1. The minimum atomic E-state index is -0.933. The van der Waals surface area contributed by atoms with E-state index in [-0.39, 0.29) is 12.2 Å². The maximum atomic E-state index is 11.8. The van der Waals surface area contributed by atoms with E-state index in [1.807, 2.05) is 0 Å². The summed E-state index contributed by atoms with van der Waals surface area (Å²) in [5, 5.41) is -0.348. The van der Waals surface area contributed by atoms with Crippen LogP contribution in [0.3, 0.4) is 0 Å². The van der Waals surface area contributed by atoms with Crippen molar-refractivity contribution in [3.05, 3.63) is 59.3 Å². The molecule has 0 aromatic heterocycles. The van der Waals surface area contributed by atoms with Crippen molar-refractivity contribution in [1.82, 2.24) is 0 Å². The molecule has 0 saturated carbocycles. The summed E-state index contributed by atoms with van der Waals surface area (Å²) in [5.74, 6) is -1.07. The largest absolute Gasteiger partial charge is 0.420 e. The molecule has 0 aliphatic carbocycles. The van der Waals surface area contributed by atoms with Crippen LogP contribution in [0.1, 0.15) is 5.56 Å². The first kappa shape index (κ1) is 16.4. The highest BCUT2D eigenvalue weighted by Gasteiger charge is 2.20. The predicted molar refractivity (Wildman–Crippen MR) is 78.4 cm³/mol. The number of halogens is 2. The number of carbonyl (C=O) groups is 2. The molecule has 6 heteroatoms. The summed E-state index contributed by atoms with van der Waals surface area (Å²) in [6, 6.07) is 6.01. The Morgan fingerprint density at radius 2 is 2.15 bits per heavy atom. The molecule has 0 amide bonds. The minimum Gasteiger partial charge on any atom is -0.420 e. The van der Waals surface area contributed by atoms with Crippen molar-refractivity contribution < 1.29 is 14.3 Å². The molecule has 1 rings (SSSR count). The summed E-state index contributed by atoms with van der Waals surface area (Å²) in [5.41, 5.74) is 6.50. The van der Waals surface area contributed by atoms with Crippen molar-refractivity contribution in [3.8, 4) is 0 Å². The fourth-order valence-corrected chi connectivity index (χ4v) is 1.75. The first-order chi connectivity index (χ1) is 9.43. The van der Waals surface area contributed by atoms with Crippen molar-refractivity contribution >= 4 is 34.4 Å². The van der Waals surface area contributed by atoms with Crippen LogP contribution >= 0.6 is 23.2 Å². The zero-order chi connectivity index (χ0) is 15.1. The highest BCUT2D eigenvalue weighted by molar-refractivity contribution is 6.67. The third-order valence-electron chi connectivity index (χ3n) is 2.32. The van der Waals surface area contributed by atoms with Gasteiger partial charge in [0.2, 0.25) is 0 Å². The fraction of sp³-hybridized carbons (Fsp3) is 0.143. The number of ether oxygens (including phenoxy) is 1. The predicted octanol–water partition coefficient (Wildman–Crippen LogP) is 2.59. The molecule has 0 bridgehead atoms. The maximum absolute atomic E-state index is 11.8. The molecule has 1 atom stereocenters. The Hall–Kier alpha value is -1.62. The Morgan fingerprint density at radius 1 is 1.45 bits per heavy atom. The molecule has 106 valence electrons. The number of rotatable bonds is 6. The lowest BCUT2D eigenvalue weighted by Gasteiger charge is -2.11. The second kappa shape index (κ2) is 7.85. The normalized spacial score (nSPS) is 12.7. The first-order valence-electron chi connectivity index (χ1n) is 5.68. The molecule has 2 N–H and O–H groups in total. The summed E-state index contributed by atoms with van der Waals surface area (Å²) < 4.78 is 4.83. The number of nitrogens with two attached hydrogens (primary N) is 1. The number of esters is 1. The van der Waals surface area contributed by atoms with Gasteiger partial charge in [-0.25, -0.2) is 4.79 Å². The van der Waals surface area contributed by atoms with Gasteiger partial charge >= 0.3 is 5.97 Å². The van der Waals surface area contributed by atoms with Crippen LogP contribution in [0.25, 0.3) is 0 Å². The van der Waals surface area contributed by atoms with E-state index in [2.05, 4.69) is 6.58 Å². The molecule has 20 heavy (non-hydrogen) atoms. The van der Waals surface area contributed by atoms with E-state index in [1.54, 1.807) is 24.3 Å². The molecular weight excluding hydrogens is 301 g/mol. The highest BCUT2D eigenvalue weighted by atomic mass is 35.5. The molecule has 1 aromatic carbocycles. The van der Waals surface area contributed by atoms with Crippen molar-refractivity contribution in [2.24, 2.45) is 5.73 Å². The summed E-state index contributed by atoms with van der Waals surface area (Å²) >= 11 is 11.1. The van der Waals surface area contributed by atoms with E-state index >= 15 is 0 Å². The van der Waals surface area contributed by atoms with Gasteiger partial charge in [0.25, 0.3) is 5.24 Å². The Kier molecular flexibility index (Phi) is 6.45. The van der Waals surface area contributed by atoms with Gasteiger partial charge in [-0.2, -0.15) is 0 Å². The SMILES string of the molecule is C=C/C=C(/OC(=O)C(N)Cc1cccc(Cl)c1)C(=O)Cl. The number of hydrogen-bond donors (Lipinski definition) is 1. The molecule has 0 spiro atoms. The zero-order valence-electron chi connectivity index (χ0n) is 10.5. The number of benzene rings is 1. The van der Waals surface area contributed by atoms with Crippen molar-refractivity contribution in [3.63, 3.8) is 0 Å². The number of hydrogen-bond acceptors (Lipinski definition) is 4. The Morgan fingerprint density at radius 3 is 2.70 bits per heavy atom. The smallest absolute Gasteiger partial charge is 0.328 e. The zero-order valence-corrected chi connectivity index (χ0v) is 12.0. The quantitative estimate of drug-likeness (QED) is 0.288. The van der Waals surface area contributed by atoms with Gasteiger partial charge in [0.1, 0.15) is 6.04 Å². The fourth-order valence-electron chi connectivity index (χ4n) is 1.43. The van der Waals surface area contributed by atoms with Crippen LogP contribution in [0.15, 0.2) is 48.8 Å². The topological polar surface area (TPSA) is 69.4 Å². The van der Waals surface area contributed by atoms with Gasteiger partial charge < -0.3 is 10.5 Å². The van der Waals surface area contributed by atoms with E-state index < -0.39 is 17.3 Å².